The Morgan fingerprint density at radius 1 is 0.697 bits per heavy atom. The first-order chi connectivity index (χ1) is 15.5. The van der Waals surface area contributed by atoms with Gasteiger partial charge in [-0.15, -0.1) is 0 Å². The summed E-state index contributed by atoms with van der Waals surface area (Å²) in [4.78, 5) is 0. The van der Waals surface area contributed by atoms with Gasteiger partial charge in [-0.2, -0.15) is 0 Å². The third-order valence-electron chi connectivity index (χ3n) is 6.45. The van der Waals surface area contributed by atoms with Gasteiger partial charge in [-0.3, -0.25) is 0 Å². The van der Waals surface area contributed by atoms with Crippen molar-refractivity contribution in [3.05, 3.63) is 0 Å². The molecule has 3 fully saturated rings. The second kappa shape index (κ2) is 11.0. The largest absolute Gasteiger partial charge is 0.389 e. The maximum absolute atomic E-state index is 13.2. The van der Waals surface area contributed by atoms with Crippen molar-refractivity contribution in [1.29, 1.82) is 0 Å². The highest BCUT2D eigenvalue weighted by Crippen LogP contribution is 2.31. The minimum Gasteiger partial charge on any atom is -0.389 e. The Hall–Kier alpha value is -0.630. The van der Waals surface area contributed by atoms with E-state index in [1.54, 1.807) is 0 Å². The van der Waals surface area contributed by atoms with Gasteiger partial charge < -0.3 is 72.5 Å². The number of halogens is 1. The van der Waals surface area contributed by atoms with Crippen LogP contribution in [-0.4, -0.2) is 136 Å². The predicted octanol–water partition coefficient (Wildman–Crippen LogP) is -6.31. The van der Waals surface area contributed by atoms with E-state index in [9.17, 15) is 35.0 Å². The molecule has 14 N–H and O–H groups in total. The molecule has 3 aliphatic rings. The Morgan fingerprint density at radius 2 is 1.27 bits per heavy atom. The Labute approximate surface area is 189 Å². The number of ether oxygens (including phenoxy) is 4. The lowest BCUT2D eigenvalue weighted by atomic mass is 9.84. The van der Waals surface area contributed by atoms with Crippen LogP contribution in [0.3, 0.4) is 0 Å². The molecule has 14 nitrogen and oxygen atoms in total. The van der Waals surface area contributed by atoms with Crippen molar-refractivity contribution in [2.75, 3.05) is 13.2 Å². The van der Waals surface area contributed by atoms with Crippen LogP contribution >= 0.6 is 0 Å². The molecule has 15 atom stereocenters. The van der Waals surface area contributed by atoms with Gasteiger partial charge in [0.05, 0.1) is 12.1 Å². The SMILES string of the molecule is NC[C@H]1O[C@H](O[C@H]2[C@H](O[C@@H]3O[C@H](CF)[C@@H](O)[C@@H](O)[C@H]3O)[C@@H](O)[C@H](N)C[C@@H]2N)[C@H](N)[C@@H](O)[C@@H]1O. The molecule has 15 heteroatoms. The van der Waals surface area contributed by atoms with Gasteiger partial charge >= 0.3 is 0 Å². The smallest absolute Gasteiger partial charge is 0.187 e. The van der Waals surface area contributed by atoms with Gasteiger partial charge in [0.25, 0.3) is 0 Å². The van der Waals surface area contributed by atoms with Gasteiger partial charge in [0, 0.05) is 18.6 Å². The highest BCUT2D eigenvalue weighted by atomic mass is 19.1. The van der Waals surface area contributed by atoms with E-state index in [0.29, 0.717) is 0 Å². The fourth-order valence-electron chi connectivity index (χ4n) is 4.34. The summed E-state index contributed by atoms with van der Waals surface area (Å²) in [5, 5.41) is 61.0. The number of nitrogens with two attached hydrogens (primary N) is 4. The van der Waals surface area contributed by atoms with Gasteiger partial charge in [-0.05, 0) is 6.42 Å². The van der Waals surface area contributed by atoms with E-state index in [0.717, 1.165) is 0 Å². The van der Waals surface area contributed by atoms with Crippen LogP contribution in [0, 0.1) is 0 Å². The van der Waals surface area contributed by atoms with E-state index >= 15 is 0 Å². The van der Waals surface area contributed by atoms with Crippen molar-refractivity contribution in [3.8, 4) is 0 Å². The molecule has 0 unspecified atom stereocenters. The van der Waals surface area contributed by atoms with Crippen molar-refractivity contribution in [2.45, 2.75) is 98.2 Å². The highest BCUT2D eigenvalue weighted by molar-refractivity contribution is 5.01. The van der Waals surface area contributed by atoms with Crippen molar-refractivity contribution in [1.82, 2.24) is 0 Å². The van der Waals surface area contributed by atoms with Crippen LogP contribution in [0.2, 0.25) is 0 Å². The number of rotatable bonds is 6. The van der Waals surface area contributed by atoms with Crippen LogP contribution in [0.5, 0.6) is 0 Å². The molecule has 3 rings (SSSR count). The summed E-state index contributed by atoms with van der Waals surface area (Å²) in [6.45, 7) is -1.33. The third-order valence-corrected chi connectivity index (χ3v) is 6.45. The summed E-state index contributed by atoms with van der Waals surface area (Å²) in [7, 11) is 0. The molecule has 0 aromatic rings. The first kappa shape index (κ1) is 27.0. The third kappa shape index (κ3) is 5.31. The van der Waals surface area contributed by atoms with Crippen molar-refractivity contribution >= 4 is 0 Å². The molecule has 0 radical (unpaired) electrons. The Balaban J connectivity index is 1.80. The molecule has 2 heterocycles. The minimum atomic E-state index is -1.79. The van der Waals surface area contributed by atoms with Gasteiger partial charge in [-0.25, -0.2) is 4.39 Å². The number of hydrogen-bond donors (Lipinski definition) is 10. The maximum Gasteiger partial charge on any atom is 0.187 e. The molecule has 2 aliphatic heterocycles. The van der Waals surface area contributed by atoms with E-state index in [-0.39, 0.29) is 13.0 Å². The van der Waals surface area contributed by atoms with Gasteiger partial charge in [0.1, 0.15) is 61.6 Å². The molecule has 0 spiro atoms. The first-order valence-corrected chi connectivity index (χ1v) is 10.7. The lowest BCUT2D eigenvalue weighted by molar-refractivity contribution is -0.340. The fraction of sp³-hybridized carbons (Fsp3) is 1.00. The number of hydrogen-bond acceptors (Lipinski definition) is 14. The van der Waals surface area contributed by atoms with E-state index in [4.69, 9.17) is 41.9 Å². The monoisotopic (exact) mass is 486 g/mol. The molecule has 194 valence electrons. The van der Waals surface area contributed by atoms with Crippen LogP contribution < -0.4 is 22.9 Å². The van der Waals surface area contributed by atoms with E-state index in [1.807, 2.05) is 0 Å². The molecule has 33 heavy (non-hydrogen) atoms. The van der Waals surface area contributed by atoms with E-state index in [1.165, 1.54) is 0 Å². The molecule has 1 saturated carbocycles. The van der Waals surface area contributed by atoms with Crippen molar-refractivity contribution < 1.29 is 54.0 Å². The normalized spacial score (nSPS) is 53.7. The molecule has 0 bridgehead atoms. The standard InChI is InChI=1S/C18H35FN4O10/c19-2-6-10(25)13(28)14(29)18(30-6)33-16-9(24)4(21)1-5(22)15(16)32-17-8(23)12(27)11(26)7(3-20)31-17/h4-18,24-29H,1-3,20-23H2/t4-,5+,6-,7-,8-,9+,10-,11-,12-,13-,14-,15-,16-,17-,18+/m1/s1. The van der Waals surface area contributed by atoms with Crippen molar-refractivity contribution in [3.63, 3.8) is 0 Å². The Morgan fingerprint density at radius 3 is 1.88 bits per heavy atom. The van der Waals surface area contributed by atoms with Crippen LogP contribution in [0.25, 0.3) is 0 Å². The summed E-state index contributed by atoms with van der Waals surface area (Å²) in [6.07, 6.45) is -17.4. The minimum absolute atomic E-state index is 0.0850. The van der Waals surface area contributed by atoms with Gasteiger partial charge in [0.2, 0.25) is 0 Å². The van der Waals surface area contributed by atoms with Gasteiger partial charge in [-0.1, -0.05) is 0 Å². The molecular weight excluding hydrogens is 451 g/mol. The molecule has 1 aliphatic carbocycles. The predicted molar refractivity (Wildman–Crippen MR) is 107 cm³/mol. The van der Waals surface area contributed by atoms with E-state index < -0.39 is 98.4 Å². The Bertz CT molecular complexity index is 639. The number of aliphatic hydroxyl groups is 6. The quantitative estimate of drug-likeness (QED) is 0.167. The first-order valence-electron chi connectivity index (χ1n) is 10.7. The highest BCUT2D eigenvalue weighted by Gasteiger charge is 2.52. The number of aliphatic hydroxyl groups excluding tert-OH is 6. The van der Waals surface area contributed by atoms with Crippen LogP contribution in [-0.2, 0) is 18.9 Å². The van der Waals surface area contributed by atoms with E-state index in [2.05, 4.69) is 0 Å². The molecular formula is C18H35FN4O10. The zero-order valence-corrected chi connectivity index (χ0v) is 17.8. The average Bonchev–Trinajstić information content (AvgIpc) is 2.79. The topological polar surface area (TPSA) is 262 Å². The lowest BCUT2D eigenvalue weighted by Crippen LogP contribution is -2.69. The maximum atomic E-state index is 13.2. The summed E-state index contributed by atoms with van der Waals surface area (Å²) < 4.78 is 35.5. The number of alkyl halides is 1. The summed E-state index contributed by atoms with van der Waals surface area (Å²) in [6, 6.07) is -2.94. The molecule has 0 amide bonds. The Kier molecular flexibility index (Phi) is 8.96. The summed E-state index contributed by atoms with van der Waals surface area (Å²) in [5.41, 5.74) is 23.6. The van der Waals surface area contributed by atoms with Crippen LogP contribution in [0.1, 0.15) is 6.42 Å². The zero-order chi connectivity index (χ0) is 24.6. The molecule has 2 saturated heterocycles. The van der Waals surface area contributed by atoms with Crippen LogP contribution in [0.15, 0.2) is 0 Å². The second-order valence-electron chi connectivity index (χ2n) is 8.76. The fourth-order valence-corrected chi connectivity index (χ4v) is 4.34. The van der Waals surface area contributed by atoms with Crippen molar-refractivity contribution in [2.24, 2.45) is 22.9 Å². The van der Waals surface area contributed by atoms with Gasteiger partial charge in [0.15, 0.2) is 12.6 Å². The molecule has 0 aromatic heterocycles. The summed E-state index contributed by atoms with van der Waals surface area (Å²) in [5.74, 6) is 0. The average molecular weight is 486 g/mol. The van der Waals surface area contributed by atoms with Crippen LogP contribution in [0.4, 0.5) is 4.39 Å². The second-order valence-corrected chi connectivity index (χ2v) is 8.76. The molecule has 0 aromatic carbocycles. The summed E-state index contributed by atoms with van der Waals surface area (Å²) >= 11 is 0. The zero-order valence-electron chi connectivity index (χ0n) is 17.8. The lowest BCUT2D eigenvalue weighted by Gasteiger charge is -2.48.